The summed E-state index contributed by atoms with van der Waals surface area (Å²) in [7, 11) is 1.76. The van der Waals surface area contributed by atoms with Gasteiger partial charge in [0, 0.05) is 19.2 Å². The smallest absolute Gasteiger partial charge is 0.265 e. The number of nitrogens with zero attached hydrogens (tertiary/aromatic N) is 2. The van der Waals surface area contributed by atoms with E-state index < -0.39 is 0 Å². The minimum absolute atomic E-state index is 0.0417. The molecule has 0 aliphatic rings. The Balaban J connectivity index is 2.18. The molecule has 1 N–H and O–H groups in total. The molecule has 0 radical (unpaired) electrons. The van der Waals surface area contributed by atoms with Crippen molar-refractivity contribution >= 4 is 17.2 Å². The Hall–Kier alpha value is -2.16. The molecule has 21 heavy (non-hydrogen) atoms. The van der Waals surface area contributed by atoms with Gasteiger partial charge in [-0.15, -0.1) is 11.3 Å². The van der Waals surface area contributed by atoms with Gasteiger partial charge >= 0.3 is 0 Å². The minimum atomic E-state index is -0.177. The van der Waals surface area contributed by atoms with Crippen molar-refractivity contribution < 1.29 is 9.90 Å². The van der Waals surface area contributed by atoms with Gasteiger partial charge < -0.3 is 10.0 Å². The molecule has 2 rings (SSSR count). The molecule has 0 fully saturated rings. The fraction of sp³-hybridized carbons (Fsp3) is 0.250. The minimum Gasteiger partial charge on any atom is -0.384 e. The molecule has 0 bridgehead atoms. The zero-order chi connectivity index (χ0) is 15.2. The number of benzene rings is 1. The molecule has 0 aliphatic carbocycles. The molecule has 108 valence electrons. The Labute approximate surface area is 128 Å². The standard InChI is InChI=1S/C16H16N2O2S/c1-12-15(21-11-17-12)16(20)18(2)10-14-7-4-3-6-13(14)8-5-9-19/h3-4,6-7,11,19H,9-10H2,1-2H3. The first-order chi connectivity index (χ1) is 10.1. The van der Waals surface area contributed by atoms with Crippen molar-refractivity contribution in [3.8, 4) is 11.8 Å². The molecular weight excluding hydrogens is 284 g/mol. The maximum atomic E-state index is 12.4. The summed E-state index contributed by atoms with van der Waals surface area (Å²) in [4.78, 5) is 18.8. The molecular formula is C16H16N2O2S. The number of aliphatic hydroxyl groups excluding tert-OH is 1. The highest BCUT2D eigenvalue weighted by Crippen LogP contribution is 2.17. The average Bonchev–Trinajstić information content (AvgIpc) is 2.91. The molecule has 0 aliphatic heterocycles. The topological polar surface area (TPSA) is 53.4 Å². The van der Waals surface area contributed by atoms with Crippen LogP contribution in [-0.2, 0) is 6.54 Å². The summed E-state index contributed by atoms with van der Waals surface area (Å²) in [6, 6.07) is 7.62. The lowest BCUT2D eigenvalue weighted by Gasteiger charge is -2.17. The molecule has 1 aromatic carbocycles. The highest BCUT2D eigenvalue weighted by Gasteiger charge is 2.17. The molecule has 2 aromatic rings. The molecule has 5 heteroatoms. The Morgan fingerprint density at radius 2 is 2.19 bits per heavy atom. The van der Waals surface area contributed by atoms with Crippen LogP contribution >= 0.6 is 11.3 Å². The van der Waals surface area contributed by atoms with E-state index in [1.807, 2.05) is 31.2 Å². The molecule has 0 saturated heterocycles. The van der Waals surface area contributed by atoms with Crippen LogP contribution in [0.2, 0.25) is 0 Å². The van der Waals surface area contributed by atoms with E-state index in [0.29, 0.717) is 11.4 Å². The van der Waals surface area contributed by atoms with Crippen molar-refractivity contribution in [2.45, 2.75) is 13.5 Å². The summed E-state index contributed by atoms with van der Waals surface area (Å²) >= 11 is 1.35. The molecule has 1 amide bonds. The Morgan fingerprint density at radius 1 is 1.43 bits per heavy atom. The van der Waals surface area contributed by atoms with Gasteiger partial charge in [-0.2, -0.15) is 0 Å². The van der Waals surface area contributed by atoms with E-state index in [0.717, 1.165) is 16.8 Å². The lowest BCUT2D eigenvalue weighted by molar-refractivity contribution is 0.0789. The van der Waals surface area contributed by atoms with Crippen LogP contribution in [0.3, 0.4) is 0 Å². The normalized spacial score (nSPS) is 9.86. The third-order valence-electron chi connectivity index (χ3n) is 3.01. The van der Waals surface area contributed by atoms with Crippen molar-refractivity contribution in [3.63, 3.8) is 0 Å². The summed E-state index contributed by atoms with van der Waals surface area (Å²) in [5, 5.41) is 8.80. The number of amides is 1. The average molecular weight is 300 g/mol. The first-order valence-electron chi connectivity index (χ1n) is 6.46. The summed E-state index contributed by atoms with van der Waals surface area (Å²) < 4.78 is 0. The molecule has 1 heterocycles. The van der Waals surface area contributed by atoms with Gasteiger partial charge in [-0.05, 0) is 18.6 Å². The third kappa shape index (κ3) is 3.69. The van der Waals surface area contributed by atoms with Crippen molar-refractivity contribution in [2.24, 2.45) is 0 Å². The van der Waals surface area contributed by atoms with Gasteiger partial charge in [0.05, 0.1) is 11.2 Å². The second kappa shape index (κ2) is 7.02. The Bertz CT molecular complexity index is 698. The Morgan fingerprint density at radius 3 is 2.86 bits per heavy atom. The van der Waals surface area contributed by atoms with Crippen LogP contribution in [0, 0.1) is 18.8 Å². The molecule has 0 atom stereocenters. The van der Waals surface area contributed by atoms with Gasteiger partial charge in [-0.1, -0.05) is 30.0 Å². The Kier molecular flexibility index (Phi) is 5.09. The lowest BCUT2D eigenvalue weighted by Crippen LogP contribution is -2.26. The zero-order valence-corrected chi connectivity index (χ0v) is 12.8. The first kappa shape index (κ1) is 15.2. The maximum absolute atomic E-state index is 12.4. The van der Waals surface area contributed by atoms with E-state index in [2.05, 4.69) is 16.8 Å². The summed E-state index contributed by atoms with van der Waals surface area (Å²) in [6.45, 7) is 2.12. The fourth-order valence-corrected chi connectivity index (χ4v) is 2.72. The quantitative estimate of drug-likeness (QED) is 0.883. The number of hydrogen-bond donors (Lipinski definition) is 1. The number of aliphatic hydroxyl groups is 1. The van der Waals surface area contributed by atoms with Crippen molar-refractivity contribution in [1.29, 1.82) is 0 Å². The third-order valence-corrected chi connectivity index (χ3v) is 3.93. The van der Waals surface area contributed by atoms with E-state index >= 15 is 0 Å². The van der Waals surface area contributed by atoms with Gasteiger partial charge in [0.1, 0.15) is 11.5 Å². The van der Waals surface area contributed by atoms with Crippen molar-refractivity contribution in [1.82, 2.24) is 9.88 Å². The molecule has 1 aromatic heterocycles. The molecule has 0 unspecified atom stereocenters. The number of thiazole rings is 1. The van der Waals surface area contributed by atoms with Gasteiger partial charge in [0.15, 0.2) is 0 Å². The van der Waals surface area contributed by atoms with E-state index in [1.165, 1.54) is 11.3 Å². The predicted octanol–water partition coefficient (Wildman–Crippen LogP) is 2.07. The van der Waals surface area contributed by atoms with Gasteiger partial charge in [0.25, 0.3) is 5.91 Å². The van der Waals surface area contributed by atoms with E-state index in [9.17, 15) is 4.79 Å². The molecule has 4 nitrogen and oxygen atoms in total. The van der Waals surface area contributed by atoms with Gasteiger partial charge in [0.2, 0.25) is 0 Å². The first-order valence-corrected chi connectivity index (χ1v) is 7.34. The number of carbonyl (C=O) groups is 1. The van der Waals surface area contributed by atoms with E-state index in [4.69, 9.17) is 5.11 Å². The second-order valence-electron chi connectivity index (χ2n) is 4.55. The number of carbonyl (C=O) groups excluding carboxylic acids is 1. The van der Waals surface area contributed by atoms with Crippen LogP contribution < -0.4 is 0 Å². The zero-order valence-electron chi connectivity index (χ0n) is 12.0. The SMILES string of the molecule is Cc1ncsc1C(=O)N(C)Cc1ccccc1C#CCO. The summed E-state index contributed by atoms with van der Waals surface area (Å²) in [5.74, 6) is 5.50. The van der Waals surface area contributed by atoms with Crippen LogP contribution in [0.4, 0.5) is 0 Å². The number of hydrogen-bond acceptors (Lipinski definition) is 4. The lowest BCUT2D eigenvalue weighted by atomic mass is 10.1. The largest absolute Gasteiger partial charge is 0.384 e. The van der Waals surface area contributed by atoms with Gasteiger partial charge in [-0.25, -0.2) is 4.98 Å². The van der Waals surface area contributed by atoms with Crippen LogP contribution in [0.25, 0.3) is 0 Å². The summed E-state index contributed by atoms with van der Waals surface area (Å²) in [6.07, 6.45) is 0. The highest BCUT2D eigenvalue weighted by molar-refractivity contribution is 7.11. The predicted molar refractivity (Wildman–Crippen MR) is 83.1 cm³/mol. The second-order valence-corrected chi connectivity index (χ2v) is 5.40. The van der Waals surface area contributed by atoms with Crippen LogP contribution in [-0.4, -0.2) is 34.6 Å². The van der Waals surface area contributed by atoms with E-state index in [-0.39, 0.29) is 12.5 Å². The number of aryl methyl sites for hydroxylation is 1. The van der Waals surface area contributed by atoms with Gasteiger partial charge in [-0.3, -0.25) is 4.79 Å². The number of rotatable bonds is 3. The number of aromatic nitrogens is 1. The maximum Gasteiger partial charge on any atom is 0.265 e. The van der Waals surface area contributed by atoms with Crippen LogP contribution in [0.1, 0.15) is 26.5 Å². The molecule has 0 saturated carbocycles. The monoisotopic (exact) mass is 300 g/mol. The van der Waals surface area contributed by atoms with Crippen molar-refractivity contribution in [3.05, 3.63) is 51.5 Å². The summed E-state index contributed by atoms with van der Waals surface area (Å²) in [5.41, 5.74) is 4.21. The van der Waals surface area contributed by atoms with E-state index in [1.54, 1.807) is 17.5 Å². The molecule has 0 spiro atoms. The van der Waals surface area contributed by atoms with Crippen LogP contribution in [0.15, 0.2) is 29.8 Å². The highest BCUT2D eigenvalue weighted by atomic mass is 32.1. The fourth-order valence-electron chi connectivity index (χ4n) is 1.92. The van der Waals surface area contributed by atoms with Crippen molar-refractivity contribution in [2.75, 3.05) is 13.7 Å². The van der Waals surface area contributed by atoms with Crippen LogP contribution in [0.5, 0.6) is 0 Å².